The van der Waals surface area contributed by atoms with Crippen LogP contribution in [0.4, 0.5) is 5.82 Å². The van der Waals surface area contributed by atoms with Gasteiger partial charge in [-0.25, -0.2) is 9.97 Å². The fourth-order valence-corrected chi connectivity index (χ4v) is 2.56. The monoisotopic (exact) mass is 261 g/mol. The van der Waals surface area contributed by atoms with E-state index in [9.17, 15) is 4.91 Å². The first-order valence-electron chi connectivity index (χ1n) is 6.23. The summed E-state index contributed by atoms with van der Waals surface area (Å²) in [6.45, 7) is 0.801. The Morgan fingerprint density at radius 3 is 3.26 bits per heavy atom. The summed E-state index contributed by atoms with van der Waals surface area (Å²) in [4.78, 5) is 18.8. The van der Waals surface area contributed by atoms with Gasteiger partial charge in [0.2, 0.25) is 0 Å². The lowest BCUT2D eigenvalue weighted by atomic mass is 10.2. The third kappa shape index (κ3) is 2.06. The second-order valence-electron chi connectivity index (χ2n) is 4.59. The van der Waals surface area contributed by atoms with Crippen LogP contribution in [0.15, 0.2) is 23.8 Å². The highest BCUT2D eigenvalue weighted by Crippen LogP contribution is 2.29. The molecule has 1 N–H and O–H groups in total. The molecule has 0 spiro atoms. The lowest BCUT2D eigenvalue weighted by Gasteiger charge is -2.11. The Morgan fingerprint density at radius 1 is 1.58 bits per heavy atom. The molecule has 7 nitrogen and oxygen atoms in total. The lowest BCUT2D eigenvalue weighted by molar-refractivity contribution is 0.113. The Balaban J connectivity index is 1.92. The van der Waals surface area contributed by atoms with E-state index >= 15 is 0 Å². The molecule has 2 aromatic rings. The summed E-state index contributed by atoms with van der Waals surface area (Å²) in [6, 6.07) is 2.19. The molecule has 0 radical (unpaired) electrons. The van der Waals surface area contributed by atoms with E-state index in [1.807, 2.05) is 19.3 Å². The zero-order valence-electron chi connectivity index (χ0n) is 10.6. The minimum Gasteiger partial charge on any atom is -0.374 e. The number of hydrogen-bond donors (Lipinski definition) is 1. The average Bonchev–Trinajstić information content (AvgIpc) is 3.04. The number of nitrogens with zero attached hydrogens (tertiary/aromatic N) is 4. The van der Waals surface area contributed by atoms with Crippen LogP contribution in [0.2, 0.25) is 0 Å². The smallest absolute Gasteiger partial charge is 0.145 e. The first kappa shape index (κ1) is 12.0. The van der Waals surface area contributed by atoms with Gasteiger partial charge in [-0.3, -0.25) is 0 Å². The topological polar surface area (TPSA) is 81.4 Å². The largest absolute Gasteiger partial charge is 0.374 e. The number of nitroso groups, excluding NO2 is 1. The van der Waals surface area contributed by atoms with Crippen molar-refractivity contribution in [2.75, 3.05) is 25.5 Å². The van der Waals surface area contributed by atoms with Crippen molar-refractivity contribution in [3.05, 3.63) is 23.5 Å². The number of nitrogens with one attached hydrogen (secondary N) is 1. The lowest BCUT2D eigenvalue weighted by Crippen LogP contribution is -2.10. The van der Waals surface area contributed by atoms with Crippen molar-refractivity contribution in [3.8, 4) is 0 Å². The molecule has 0 bridgehead atoms. The van der Waals surface area contributed by atoms with E-state index < -0.39 is 0 Å². The van der Waals surface area contributed by atoms with Crippen LogP contribution < -0.4 is 5.32 Å². The normalized spacial score (nSPS) is 22.8. The van der Waals surface area contributed by atoms with Gasteiger partial charge in [0.1, 0.15) is 24.3 Å². The minimum absolute atomic E-state index is 0.0782. The highest BCUT2D eigenvalue weighted by Gasteiger charge is 2.28. The predicted octanol–water partition coefficient (Wildman–Crippen LogP) is 1.57. The molecule has 0 aromatic carbocycles. The van der Waals surface area contributed by atoms with Crippen molar-refractivity contribution in [1.82, 2.24) is 14.5 Å². The van der Waals surface area contributed by atoms with Crippen LogP contribution in [-0.4, -0.2) is 40.8 Å². The summed E-state index contributed by atoms with van der Waals surface area (Å²) in [7, 11) is 1.84. The Bertz CT molecular complexity index is 597. The van der Waals surface area contributed by atoms with Gasteiger partial charge < -0.3 is 14.6 Å². The van der Waals surface area contributed by atoms with Crippen molar-refractivity contribution in [1.29, 1.82) is 0 Å². The molecule has 19 heavy (non-hydrogen) atoms. The molecule has 2 atom stereocenters. The molecule has 100 valence electrons. The predicted molar refractivity (Wildman–Crippen MR) is 71.1 cm³/mol. The Labute approximate surface area is 110 Å². The van der Waals surface area contributed by atoms with Gasteiger partial charge in [-0.05, 0) is 12.5 Å². The van der Waals surface area contributed by atoms with Gasteiger partial charge in [0.05, 0.1) is 24.1 Å². The maximum atomic E-state index is 10.3. The van der Waals surface area contributed by atoms with Crippen molar-refractivity contribution in [3.63, 3.8) is 0 Å². The molecular formula is C12H15N5O2. The van der Waals surface area contributed by atoms with Crippen LogP contribution in [0, 0.1) is 4.91 Å². The minimum atomic E-state index is -0.0782. The van der Waals surface area contributed by atoms with E-state index in [2.05, 4.69) is 25.0 Å². The molecule has 3 rings (SSSR count). The number of hydrogen-bond acceptors (Lipinski definition) is 6. The molecule has 0 aliphatic carbocycles. The molecule has 1 saturated heterocycles. The van der Waals surface area contributed by atoms with Gasteiger partial charge in [-0.2, -0.15) is 4.91 Å². The molecule has 1 aliphatic heterocycles. The summed E-state index contributed by atoms with van der Waals surface area (Å²) in [5, 5.41) is 6.94. The van der Waals surface area contributed by atoms with E-state index in [1.165, 1.54) is 0 Å². The molecular weight excluding hydrogens is 246 g/mol. The molecule has 2 aromatic heterocycles. The van der Waals surface area contributed by atoms with Crippen LogP contribution in [0.5, 0.6) is 0 Å². The Hall–Kier alpha value is -2.02. The summed E-state index contributed by atoms with van der Waals surface area (Å²) < 4.78 is 7.65. The molecule has 2 unspecified atom stereocenters. The van der Waals surface area contributed by atoms with E-state index in [0.717, 1.165) is 23.3 Å². The first-order chi connectivity index (χ1) is 9.33. The molecule has 3 heterocycles. The van der Waals surface area contributed by atoms with Gasteiger partial charge in [0, 0.05) is 13.2 Å². The number of rotatable bonds is 4. The van der Waals surface area contributed by atoms with E-state index in [0.29, 0.717) is 6.61 Å². The number of fused-ring (bicyclic) bond motifs is 1. The first-order valence-corrected chi connectivity index (χ1v) is 6.23. The maximum absolute atomic E-state index is 10.3. The Morgan fingerprint density at radius 2 is 2.47 bits per heavy atom. The second-order valence-corrected chi connectivity index (χ2v) is 4.59. The second kappa shape index (κ2) is 4.93. The summed E-state index contributed by atoms with van der Waals surface area (Å²) in [5.74, 6) is 0.814. The quantitative estimate of drug-likeness (QED) is 0.845. The highest BCUT2D eigenvalue weighted by molar-refractivity contribution is 5.87. The zero-order valence-corrected chi connectivity index (χ0v) is 10.6. The van der Waals surface area contributed by atoms with E-state index in [1.54, 1.807) is 6.33 Å². The van der Waals surface area contributed by atoms with E-state index in [-0.39, 0.29) is 18.7 Å². The molecule has 0 amide bonds. The van der Waals surface area contributed by atoms with Gasteiger partial charge in [0.15, 0.2) is 0 Å². The van der Waals surface area contributed by atoms with Crippen LogP contribution in [0.25, 0.3) is 11.0 Å². The molecule has 7 heteroatoms. The maximum Gasteiger partial charge on any atom is 0.145 e. The summed E-state index contributed by atoms with van der Waals surface area (Å²) in [6.07, 6.45) is 4.25. The third-order valence-electron chi connectivity index (χ3n) is 3.48. The van der Waals surface area contributed by atoms with Crippen molar-refractivity contribution in [2.24, 2.45) is 5.18 Å². The molecule has 1 fully saturated rings. The van der Waals surface area contributed by atoms with Gasteiger partial charge in [-0.15, -0.1) is 0 Å². The van der Waals surface area contributed by atoms with E-state index in [4.69, 9.17) is 4.74 Å². The van der Waals surface area contributed by atoms with Crippen LogP contribution in [0.1, 0.15) is 12.5 Å². The fraction of sp³-hybridized carbons (Fsp3) is 0.500. The molecule has 0 saturated carbocycles. The van der Waals surface area contributed by atoms with Gasteiger partial charge in [-0.1, -0.05) is 5.18 Å². The van der Waals surface area contributed by atoms with Gasteiger partial charge >= 0.3 is 0 Å². The van der Waals surface area contributed by atoms with Crippen molar-refractivity contribution < 1.29 is 4.74 Å². The zero-order chi connectivity index (χ0) is 13.2. The van der Waals surface area contributed by atoms with Crippen LogP contribution in [-0.2, 0) is 4.74 Å². The number of ether oxygens (including phenoxy) is 1. The Kier molecular flexibility index (Phi) is 3.12. The number of anilines is 1. The summed E-state index contributed by atoms with van der Waals surface area (Å²) >= 11 is 0. The van der Waals surface area contributed by atoms with Gasteiger partial charge in [0.25, 0.3) is 0 Å². The molecule has 1 aliphatic rings. The SMILES string of the molecule is CNc1ncnc2c1ccn2C1COC(CN=O)C1. The fourth-order valence-electron chi connectivity index (χ4n) is 2.56. The third-order valence-corrected chi connectivity index (χ3v) is 3.48. The summed E-state index contributed by atoms with van der Waals surface area (Å²) in [5.41, 5.74) is 0.882. The van der Waals surface area contributed by atoms with Crippen molar-refractivity contribution in [2.45, 2.75) is 18.6 Å². The average molecular weight is 261 g/mol. The van der Waals surface area contributed by atoms with Crippen molar-refractivity contribution >= 4 is 16.9 Å². The number of aromatic nitrogens is 3. The van der Waals surface area contributed by atoms with Crippen LogP contribution >= 0.6 is 0 Å². The highest BCUT2D eigenvalue weighted by atomic mass is 16.5. The standard InChI is InChI=1S/C12H15N5O2/c1-13-11-10-2-3-17(12(10)15-7-14-11)8-4-9(5-16-18)19-6-8/h2-3,7-9H,4-6H2,1H3,(H,13,14,15). The van der Waals surface area contributed by atoms with Crippen LogP contribution in [0.3, 0.4) is 0 Å².